The number of aliphatic hydroxyl groups is 2. The number of nitrogens with one attached hydrogen (secondary N) is 6. The third kappa shape index (κ3) is 11.2. The fourth-order valence-electron chi connectivity index (χ4n) is 3.23. The molecule has 1 rings (SSSR count). The van der Waals surface area contributed by atoms with Gasteiger partial charge in [0.2, 0.25) is 23.6 Å². The van der Waals surface area contributed by atoms with Crippen LogP contribution in [0.5, 0.6) is 0 Å². The summed E-state index contributed by atoms with van der Waals surface area (Å²) in [4.78, 5) is 60.9. The first-order valence-corrected chi connectivity index (χ1v) is 12.3. The second-order valence-electron chi connectivity index (χ2n) is 9.06. The minimum absolute atomic E-state index is 0.0924. The molecule has 0 fully saturated rings. The average molecular weight is 568 g/mol. The molecule has 0 saturated heterocycles. The maximum absolute atomic E-state index is 12.9. The maximum atomic E-state index is 12.9. The molecular weight excluding hydrogens is 530 g/mol. The van der Waals surface area contributed by atoms with Crippen molar-refractivity contribution >= 4 is 41.0 Å². The molecule has 17 heteroatoms. The van der Waals surface area contributed by atoms with Crippen LogP contribution in [-0.4, -0.2) is 87.6 Å². The number of nitrogens with two attached hydrogens (primary N) is 2. The van der Waals surface area contributed by atoms with Crippen LogP contribution in [0.25, 0.3) is 0 Å². The Balaban J connectivity index is 2.92. The Morgan fingerprint density at radius 3 is 2.05 bits per heavy atom. The topological polar surface area (TPSA) is 288 Å². The maximum Gasteiger partial charge on any atom is 0.269 e. The lowest BCUT2D eigenvalue weighted by Gasteiger charge is -2.26. The fraction of sp³-hybridized carbons (Fsp3) is 0.522. The molecule has 0 heterocycles. The van der Waals surface area contributed by atoms with E-state index in [4.69, 9.17) is 16.9 Å². The van der Waals surface area contributed by atoms with E-state index in [1.165, 1.54) is 45.0 Å². The van der Waals surface area contributed by atoms with E-state index in [-0.39, 0.29) is 30.3 Å². The smallest absolute Gasteiger partial charge is 0.269 e. The molecule has 0 radical (unpaired) electrons. The van der Waals surface area contributed by atoms with Gasteiger partial charge in [-0.2, -0.15) is 0 Å². The lowest BCUT2D eigenvalue weighted by Crippen LogP contribution is -2.60. The predicted molar refractivity (Wildman–Crippen MR) is 144 cm³/mol. The number of guanidine groups is 1. The van der Waals surface area contributed by atoms with Crippen LogP contribution in [0, 0.1) is 15.5 Å². The highest BCUT2D eigenvalue weighted by Crippen LogP contribution is 2.16. The first-order chi connectivity index (χ1) is 18.6. The van der Waals surface area contributed by atoms with Gasteiger partial charge >= 0.3 is 0 Å². The van der Waals surface area contributed by atoms with E-state index in [9.17, 15) is 39.5 Å². The number of amides is 4. The standard InChI is InChI=1S/C23H37N9O8/c1-11(28-22(38)18(13(3)34)31-21(37)17(24)12(2)33)19(35)30-16(5-4-10-27-23(25)26)20(36)29-14-6-8-15(9-7-14)32(39)40/h6-9,11-13,16-18,33-34H,4-5,10,24H2,1-3H3,(H,28,38)(H,29,36)(H,30,35)(H,31,37)(H4,25,26,27)/t11-,12+,13+,16-,17-,18-/m0/s1. The summed E-state index contributed by atoms with van der Waals surface area (Å²) < 4.78 is 0. The average Bonchev–Trinajstić information content (AvgIpc) is 2.87. The summed E-state index contributed by atoms with van der Waals surface area (Å²) in [5.41, 5.74) is 10.9. The molecule has 4 amide bonds. The van der Waals surface area contributed by atoms with Crippen molar-refractivity contribution in [1.29, 1.82) is 5.41 Å². The third-order valence-corrected chi connectivity index (χ3v) is 5.60. The molecule has 12 N–H and O–H groups in total. The normalized spacial score (nSPS) is 15.2. The van der Waals surface area contributed by atoms with Crippen molar-refractivity contribution in [1.82, 2.24) is 21.3 Å². The van der Waals surface area contributed by atoms with Gasteiger partial charge in [-0.15, -0.1) is 0 Å². The Kier molecular flexibility index (Phi) is 13.4. The number of anilines is 1. The van der Waals surface area contributed by atoms with Crippen molar-refractivity contribution in [3.8, 4) is 0 Å². The Morgan fingerprint density at radius 1 is 0.950 bits per heavy atom. The monoisotopic (exact) mass is 567 g/mol. The molecule has 0 bridgehead atoms. The summed E-state index contributed by atoms with van der Waals surface area (Å²) in [5.74, 6) is -3.50. The molecule has 0 spiro atoms. The van der Waals surface area contributed by atoms with Crippen molar-refractivity contribution in [2.45, 2.75) is 70.0 Å². The van der Waals surface area contributed by atoms with E-state index >= 15 is 0 Å². The molecule has 222 valence electrons. The summed E-state index contributed by atoms with van der Waals surface area (Å²) in [6.45, 7) is 4.05. The number of hydrogen-bond donors (Lipinski definition) is 10. The third-order valence-electron chi connectivity index (χ3n) is 5.60. The predicted octanol–water partition coefficient (Wildman–Crippen LogP) is -2.64. The Bertz CT molecular complexity index is 1060. The highest BCUT2D eigenvalue weighted by molar-refractivity contribution is 5.99. The van der Waals surface area contributed by atoms with Gasteiger partial charge in [-0.3, -0.25) is 34.7 Å². The summed E-state index contributed by atoms with van der Waals surface area (Å²) in [6.07, 6.45) is -2.20. The second kappa shape index (κ2) is 15.9. The van der Waals surface area contributed by atoms with E-state index in [1.807, 2.05) is 0 Å². The Labute approximate surface area is 230 Å². The molecule has 6 atom stereocenters. The van der Waals surface area contributed by atoms with Crippen LogP contribution in [0.3, 0.4) is 0 Å². The molecule has 0 aliphatic rings. The lowest BCUT2D eigenvalue weighted by atomic mass is 10.1. The molecule has 0 aromatic heterocycles. The second-order valence-corrected chi connectivity index (χ2v) is 9.06. The molecule has 1 aromatic rings. The van der Waals surface area contributed by atoms with Crippen LogP contribution in [0.4, 0.5) is 11.4 Å². The van der Waals surface area contributed by atoms with Crippen molar-refractivity contribution in [2.24, 2.45) is 11.5 Å². The van der Waals surface area contributed by atoms with Crippen LogP contribution in [0.15, 0.2) is 24.3 Å². The van der Waals surface area contributed by atoms with Crippen LogP contribution in [0.1, 0.15) is 33.6 Å². The molecule has 0 aliphatic heterocycles. The molecule has 40 heavy (non-hydrogen) atoms. The van der Waals surface area contributed by atoms with Gasteiger partial charge in [-0.05, 0) is 45.7 Å². The fourth-order valence-corrected chi connectivity index (χ4v) is 3.23. The van der Waals surface area contributed by atoms with E-state index in [1.54, 1.807) is 0 Å². The number of benzene rings is 1. The number of nitro benzene ring substituents is 1. The van der Waals surface area contributed by atoms with Gasteiger partial charge in [-0.25, -0.2) is 0 Å². The largest absolute Gasteiger partial charge is 0.391 e. The zero-order valence-electron chi connectivity index (χ0n) is 22.3. The van der Waals surface area contributed by atoms with Crippen LogP contribution >= 0.6 is 0 Å². The lowest BCUT2D eigenvalue weighted by molar-refractivity contribution is -0.384. The van der Waals surface area contributed by atoms with Crippen molar-refractivity contribution in [3.05, 3.63) is 34.4 Å². The van der Waals surface area contributed by atoms with Gasteiger partial charge in [0.05, 0.1) is 17.1 Å². The molecule has 0 aliphatic carbocycles. The van der Waals surface area contributed by atoms with Crippen molar-refractivity contribution in [2.75, 3.05) is 11.9 Å². The number of carbonyl (C=O) groups excluding carboxylic acids is 4. The quantitative estimate of drug-likeness (QED) is 0.0343. The number of nitro groups is 1. The minimum Gasteiger partial charge on any atom is -0.391 e. The zero-order valence-corrected chi connectivity index (χ0v) is 22.3. The van der Waals surface area contributed by atoms with E-state index < -0.39 is 64.9 Å². The highest BCUT2D eigenvalue weighted by atomic mass is 16.6. The van der Waals surface area contributed by atoms with Gasteiger partial charge < -0.3 is 48.3 Å². The number of hydrogen-bond acceptors (Lipinski definition) is 10. The van der Waals surface area contributed by atoms with Gasteiger partial charge in [0.1, 0.15) is 24.2 Å². The summed E-state index contributed by atoms with van der Waals surface area (Å²) in [6, 6.07) is -0.153. The van der Waals surface area contributed by atoms with Gasteiger partial charge in [0.15, 0.2) is 5.96 Å². The number of rotatable bonds is 15. The molecule has 1 aromatic carbocycles. The van der Waals surface area contributed by atoms with Crippen molar-refractivity contribution in [3.63, 3.8) is 0 Å². The summed E-state index contributed by atoms with van der Waals surface area (Å²) in [5, 5.41) is 49.7. The SMILES string of the molecule is C[C@H](NC(=O)[C@@H](NC(=O)[C@@H](N)[C@@H](C)O)[C@@H](C)O)C(=O)N[C@@H](CCCNC(=N)N)C(=O)Nc1ccc([N+](=O)[O-])cc1. The number of carbonyl (C=O) groups is 4. The van der Waals surface area contributed by atoms with Gasteiger partial charge in [-0.1, -0.05) is 0 Å². The van der Waals surface area contributed by atoms with Crippen LogP contribution in [-0.2, 0) is 19.2 Å². The highest BCUT2D eigenvalue weighted by Gasteiger charge is 2.31. The first kappa shape index (κ1) is 33.7. The Hall–Kier alpha value is -4.35. The van der Waals surface area contributed by atoms with E-state index in [2.05, 4.69) is 26.6 Å². The summed E-state index contributed by atoms with van der Waals surface area (Å²) in [7, 11) is 0. The van der Waals surface area contributed by atoms with Gasteiger partial charge in [0.25, 0.3) is 5.69 Å². The van der Waals surface area contributed by atoms with Crippen molar-refractivity contribution < 1.29 is 34.3 Å². The number of aliphatic hydroxyl groups excluding tert-OH is 2. The Morgan fingerprint density at radius 2 is 1.55 bits per heavy atom. The zero-order chi connectivity index (χ0) is 30.6. The molecule has 17 nitrogen and oxygen atoms in total. The molecular formula is C23H37N9O8. The minimum atomic E-state index is -1.49. The van der Waals surface area contributed by atoms with Crippen LogP contribution < -0.4 is 38.1 Å². The van der Waals surface area contributed by atoms with E-state index in [0.29, 0.717) is 6.42 Å². The van der Waals surface area contributed by atoms with E-state index in [0.717, 1.165) is 0 Å². The molecule has 0 unspecified atom stereocenters. The number of non-ortho nitro benzene ring substituents is 1. The molecule has 0 saturated carbocycles. The van der Waals surface area contributed by atoms with Gasteiger partial charge in [0, 0.05) is 24.4 Å². The number of nitrogens with zero attached hydrogens (tertiary/aromatic N) is 1. The first-order valence-electron chi connectivity index (χ1n) is 12.3. The summed E-state index contributed by atoms with van der Waals surface area (Å²) >= 11 is 0. The van der Waals surface area contributed by atoms with Crippen LogP contribution in [0.2, 0.25) is 0 Å².